The van der Waals surface area contributed by atoms with Gasteiger partial charge in [-0.1, -0.05) is 51.0 Å². The van der Waals surface area contributed by atoms with Gasteiger partial charge in [0.05, 0.1) is 11.6 Å². The Morgan fingerprint density at radius 1 is 0.905 bits per heavy atom. The third kappa shape index (κ3) is 2.76. The Labute approximate surface area is 129 Å². The molecule has 1 aromatic carbocycles. The first-order chi connectivity index (χ1) is 10.1. The number of likely N-dealkylation sites (tertiary alicyclic amines) is 1. The second kappa shape index (κ2) is 6.10. The van der Waals surface area contributed by atoms with Crippen LogP contribution in [0.2, 0.25) is 0 Å². The van der Waals surface area contributed by atoms with Crippen LogP contribution in [0.15, 0.2) is 24.3 Å². The van der Waals surface area contributed by atoms with Crippen molar-refractivity contribution in [3.63, 3.8) is 0 Å². The number of aliphatic hydroxyl groups is 1. The van der Waals surface area contributed by atoms with E-state index >= 15 is 0 Å². The second-order valence-corrected chi connectivity index (χ2v) is 7.23. The highest BCUT2D eigenvalue weighted by Gasteiger charge is 2.46. The first-order valence-electron chi connectivity index (χ1n) is 8.66. The number of benzene rings is 1. The molecule has 1 aliphatic heterocycles. The van der Waals surface area contributed by atoms with Crippen molar-refractivity contribution in [3.05, 3.63) is 35.4 Å². The van der Waals surface area contributed by atoms with Crippen LogP contribution in [0.1, 0.15) is 75.5 Å². The smallest absolute Gasteiger partial charge is 0.0973 e. The van der Waals surface area contributed by atoms with Crippen LogP contribution in [0.5, 0.6) is 0 Å². The van der Waals surface area contributed by atoms with E-state index in [-0.39, 0.29) is 11.6 Å². The average molecular weight is 287 g/mol. The molecule has 1 saturated carbocycles. The predicted molar refractivity (Wildman–Crippen MR) is 87.5 cm³/mol. The van der Waals surface area contributed by atoms with Crippen molar-refractivity contribution in [2.75, 3.05) is 13.1 Å². The van der Waals surface area contributed by atoms with Crippen LogP contribution >= 0.6 is 0 Å². The maximum absolute atomic E-state index is 11.1. The second-order valence-electron chi connectivity index (χ2n) is 7.23. The van der Waals surface area contributed by atoms with Crippen LogP contribution < -0.4 is 0 Å². The van der Waals surface area contributed by atoms with Crippen molar-refractivity contribution < 1.29 is 5.11 Å². The monoisotopic (exact) mass is 287 g/mol. The lowest BCUT2D eigenvalue weighted by molar-refractivity contribution is -0.0195. The van der Waals surface area contributed by atoms with Gasteiger partial charge in [0.25, 0.3) is 0 Å². The molecular formula is C19H29NO. The van der Waals surface area contributed by atoms with Gasteiger partial charge in [-0.25, -0.2) is 0 Å². The maximum atomic E-state index is 11.1. The van der Waals surface area contributed by atoms with Crippen LogP contribution in [0.3, 0.4) is 0 Å². The molecule has 2 aliphatic rings. The van der Waals surface area contributed by atoms with Crippen LogP contribution in [0.4, 0.5) is 0 Å². The van der Waals surface area contributed by atoms with Crippen LogP contribution in [-0.4, -0.2) is 28.6 Å². The zero-order valence-corrected chi connectivity index (χ0v) is 13.5. The fourth-order valence-corrected chi connectivity index (χ4v) is 4.29. The number of aliphatic hydroxyl groups excluding tert-OH is 1. The quantitative estimate of drug-likeness (QED) is 0.894. The van der Waals surface area contributed by atoms with E-state index in [0.29, 0.717) is 5.92 Å². The van der Waals surface area contributed by atoms with E-state index in [0.717, 1.165) is 18.4 Å². The normalized spacial score (nSPS) is 23.8. The minimum absolute atomic E-state index is 0.00977. The summed E-state index contributed by atoms with van der Waals surface area (Å²) >= 11 is 0. The van der Waals surface area contributed by atoms with Crippen molar-refractivity contribution in [1.29, 1.82) is 0 Å². The Bertz CT molecular complexity index is 453. The summed E-state index contributed by atoms with van der Waals surface area (Å²) in [5, 5.41) is 11.1. The summed E-state index contributed by atoms with van der Waals surface area (Å²) in [5.41, 5.74) is 2.47. The molecule has 2 heteroatoms. The lowest BCUT2D eigenvalue weighted by Gasteiger charge is -2.43. The molecule has 1 unspecified atom stereocenters. The van der Waals surface area contributed by atoms with E-state index < -0.39 is 0 Å². The SMILES string of the molecule is CC(C)c1ccc(C(O)C2(N3CCCC3)CCCC2)cc1. The largest absolute Gasteiger partial charge is 0.386 e. The summed E-state index contributed by atoms with van der Waals surface area (Å²) in [4.78, 5) is 2.58. The van der Waals surface area contributed by atoms with Gasteiger partial charge in [0.2, 0.25) is 0 Å². The molecule has 0 aromatic heterocycles. The topological polar surface area (TPSA) is 23.5 Å². The highest BCUT2D eigenvalue weighted by molar-refractivity contribution is 5.28. The summed E-state index contributed by atoms with van der Waals surface area (Å²) < 4.78 is 0. The first-order valence-corrected chi connectivity index (χ1v) is 8.66. The van der Waals surface area contributed by atoms with Gasteiger partial charge in [-0.15, -0.1) is 0 Å². The van der Waals surface area contributed by atoms with Gasteiger partial charge in [-0.2, -0.15) is 0 Å². The number of hydrogen-bond donors (Lipinski definition) is 1. The summed E-state index contributed by atoms with van der Waals surface area (Å²) in [7, 11) is 0. The highest BCUT2D eigenvalue weighted by Crippen LogP contribution is 2.45. The van der Waals surface area contributed by atoms with Crippen molar-refractivity contribution in [1.82, 2.24) is 4.90 Å². The maximum Gasteiger partial charge on any atom is 0.0973 e. The third-order valence-corrected chi connectivity index (χ3v) is 5.63. The van der Waals surface area contributed by atoms with E-state index in [1.807, 2.05) is 0 Å². The third-order valence-electron chi connectivity index (χ3n) is 5.63. The number of rotatable bonds is 4. The lowest BCUT2D eigenvalue weighted by Crippen LogP contribution is -2.49. The number of nitrogens with zero attached hydrogens (tertiary/aromatic N) is 1. The minimum Gasteiger partial charge on any atom is -0.386 e. The highest BCUT2D eigenvalue weighted by atomic mass is 16.3. The standard InChI is InChI=1S/C19H29NO/c1-15(2)16-7-9-17(10-8-16)18(21)19(11-3-4-12-19)20-13-5-6-14-20/h7-10,15,18,21H,3-6,11-14H2,1-2H3. The lowest BCUT2D eigenvalue weighted by atomic mass is 9.83. The van der Waals surface area contributed by atoms with E-state index in [4.69, 9.17) is 0 Å². The molecule has 0 spiro atoms. The molecule has 1 N–H and O–H groups in total. The zero-order chi connectivity index (χ0) is 14.9. The molecule has 21 heavy (non-hydrogen) atoms. The van der Waals surface area contributed by atoms with Crippen molar-refractivity contribution in [2.24, 2.45) is 0 Å². The van der Waals surface area contributed by atoms with Gasteiger partial charge >= 0.3 is 0 Å². The van der Waals surface area contributed by atoms with Gasteiger partial charge in [0, 0.05) is 0 Å². The Balaban J connectivity index is 1.85. The van der Waals surface area contributed by atoms with E-state index in [1.165, 1.54) is 44.3 Å². The molecule has 2 nitrogen and oxygen atoms in total. The Hall–Kier alpha value is -0.860. The minimum atomic E-state index is -0.334. The van der Waals surface area contributed by atoms with Crippen LogP contribution in [0.25, 0.3) is 0 Å². The molecule has 3 rings (SSSR count). The van der Waals surface area contributed by atoms with Gasteiger partial charge in [-0.3, -0.25) is 4.90 Å². The molecule has 1 aliphatic carbocycles. The molecule has 0 bridgehead atoms. The molecule has 1 aromatic rings. The van der Waals surface area contributed by atoms with Gasteiger partial charge in [0.1, 0.15) is 0 Å². The van der Waals surface area contributed by atoms with E-state index in [9.17, 15) is 5.11 Å². The van der Waals surface area contributed by atoms with Crippen molar-refractivity contribution in [3.8, 4) is 0 Å². The molecule has 2 fully saturated rings. The molecule has 0 radical (unpaired) electrons. The molecule has 116 valence electrons. The number of hydrogen-bond acceptors (Lipinski definition) is 2. The van der Waals surface area contributed by atoms with Gasteiger partial charge in [-0.05, 0) is 55.8 Å². The summed E-state index contributed by atoms with van der Waals surface area (Å²) in [6.45, 7) is 6.77. The molecular weight excluding hydrogens is 258 g/mol. The average Bonchev–Trinajstić information content (AvgIpc) is 3.18. The molecule has 0 amide bonds. The Kier molecular flexibility index (Phi) is 4.37. The Morgan fingerprint density at radius 3 is 1.95 bits per heavy atom. The zero-order valence-electron chi connectivity index (χ0n) is 13.5. The summed E-state index contributed by atoms with van der Waals surface area (Å²) in [5.74, 6) is 0.551. The molecule has 1 heterocycles. The molecule has 1 atom stereocenters. The van der Waals surface area contributed by atoms with Crippen molar-refractivity contribution in [2.45, 2.75) is 69.9 Å². The molecule has 1 saturated heterocycles. The fourth-order valence-electron chi connectivity index (χ4n) is 4.29. The fraction of sp³-hybridized carbons (Fsp3) is 0.684. The van der Waals surface area contributed by atoms with E-state index in [2.05, 4.69) is 43.0 Å². The van der Waals surface area contributed by atoms with Gasteiger partial charge in [0.15, 0.2) is 0 Å². The van der Waals surface area contributed by atoms with Crippen molar-refractivity contribution >= 4 is 0 Å². The van der Waals surface area contributed by atoms with E-state index in [1.54, 1.807) is 0 Å². The van der Waals surface area contributed by atoms with Crippen LogP contribution in [-0.2, 0) is 0 Å². The predicted octanol–water partition coefficient (Wildman–Crippen LogP) is 4.25. The van der Waals surface area contributed by atoms with Gasteiger partial charge < -0.3 is 5.11 Å². The van der Waals surface area contributed by atoms with Crippen LogP contribution in [0, 0.1) is 0 Å². The summed E-state index contributed by atoms with van der Waals surface area (Å²) in [6.07, 6.45) is 7.08. The Morgan fingerprint density at radius 2 is 1.43 bits per heavy atom. The first kappa shape index (κ1) is 15.1. The summed E-state index contributed by atoms with van der Waals surface area (Å²) in [6, 6.07) is 8.68.